The number of anilines is 1. The third-order valence-corrected chi connectivity index (χ3v) is 7.86. The number of benzene rings is 4. The molecule has 2 heterocycles. The second-order valence-electron chi connectivity index (χ2n) is 10.8. The number of non-ortho nitro benzene ring substituents is 1. The molecule has 0 aromatic heterocycles. The van der Waals surface area contributed by atoms with Gasteiger partial charge in [-0.3, -0.25) is 35.1 Å². The first-order valence-electron chi connectivity index (χ1n) is 14.5. The lowest BCUT2D eigenvalue weighted by Crippen LogP contribution is -2.52. The second-order valence-corrected chi connectivity index (χ2v) is 10.8. The fraction of sp³-hybridized carbons (Fsp3) is 0.176. The van der Waals surface area contributed by atoms with Crippen LogP contribution in [-0.2, 0) is 34.1 Å². The predicted molar refractivity (Wildman–Crippen MR) is 166 cm³/mol. The van der Waals surface area contributed by atoms with Crippen molar-refractivity contribution in [2.45, 2.75) is 38.6 Å². The molecule has 1 saturated heterocycles. The van der Waals surface area contributed by atoms with Crippen LogP contribution in [0.4, 0.5) is 16.2 Å². The van der Waals surface area contributed by atoms with Gasteiger partial charge in [0, 0.05) is 35.2 Å². The lowest BCUT2D eigenvalue weighted by molar-refractivity contribution is -0.384. The predicted octanol–water partition coefficient (Wildman–Crippen LogP) is 5.35. The van der Waals surface area contributed by atoms with Crippen LogP contribution in [0.15, 0.2) is 91.0 Å². The molecule has 12 nitrogen and oxygen atoms in total. The molecule has 4 amide bonds. The van der Waals surface area contributed by atoms with Gasteiger partial charge in [0.05, 0.1) is 17.2 Å². The number of rotatable bonds is 9. The van der Waals surface area contributed by atoms with Gasteiger partial charge >= 0.3 is 6.09 Å². The molecular formula is C34H28N4O8. The molecule has 1 atom stereocenters. The van der Waals surface area contributed by atoms with Crippen molar-refractivity contribution < 1.29 is 33.6 Å². The van der Waals surface area contributed by atoms with E-state index in [4.69, 9.17) is 9.47 Å². The molecule has 4 aromatic rings. The molecule has 0 spiro atoms. The van der Waals surface area contributed by atoms with Gasteiger partial charge in [-0.2, -0.15) is 0 Å². The molecular weight excluding hydrogens is 592 g/mol. The SMILES string of the molecule is O=C1CC[C@H](N2Cc3c(OCc4ccc(COC(=O)Nc5ccc([N+](=O)[O-])cc5-c5ccccc5)cc4)cccc3C2=O)C(=O)N1. The number of piperidine rings is 1. The van der Waals surface area contributed by atoms with Crippen molar-refractivity contribution in [2.75, 3.05) is 5.32 Å². The Labute approximate surface area is 263 Å². The molecule has 2 aliphatic rings. The number of carbonyl (C=O) groups is 4. The average molecular weight is 621 g/mol. The fourth-order valence-electron chi connectivity index (χ4n) is 5.49. The van der Waals surface area contributed by atoms with E-state index in [1.807, 2.05) is 18.2 Å². The highest BCUT2D eigenvalue weighted by Gasteiger charge is 2.40. The number of imide groups is 1. The Morgan fingerprint density at radius 3 is 2.37 bits per heavy atom. The molecule has 4 aromatic carbocycles. The summed E-state index contributed by atoms with van der Waals surface area (Å²) in [6.07, 6.45) is -0.248. The zero-order chi connectivity index (χ0) is 32.2. The first-order chi connectivity index (χ1) is 22.3. The highest BCUT2D eigenvalue weighted by Crippen LogP contribution is 2.34. The maximum Gasteiger partial charge on any atom is 0.411 e. The van der Waals surface area contributed by atoms with Crippen LogP contribution in [0.5, 0.6) is 5.75 Å². The first-order valence-corrected chi connectivity index (χ1v) is 14.5. The minimum absolute atomic E-state index is 0.00883. The Kier molecular flexibility index (Phi) is 8.42. The Bertz CT molecular complexity index is 1840. The molecule has 232 valence electrons. The van der Waals surface area contributed by atoms with Gasteiger partial charge in [0.15, 0.2) is 0 Å². The van der Waals surface area contributed by atoms with Gasteiger partial charge in [-0.15, -0.1) is 0 Å². The molecule has 0 unspecified atom stereocenters. The van der Waals surface area contributed by atoms with Crippen LogP contribution in [-0.4, -0.2) is 39.7 Å². The fourth-order valence-corrected chi connectivity index (χ4v) is 5.49. The number of hydrogen-bond acceptors (Lipinski definition) is 8. The number of nitrogens with one attached hydrogen (secondary N) is 2. The van der Waals surface area contributed by atoms with Crippen molar-refractivity contribution in [1.82, 2.24) is 10.2 Å². The highest BCUT2D eigenvalue weighted by atomic mass is 16.6. The van der Waals surface area contributed by atoms with Crippen LogP contribution < -0.4 is 15.4 Å². The molecule has 2 aliphatic heterocycles. The summed E-state index contributed by atoms with van der Waals surface area (Å²) in [5, 5.41) is 16.3. The molecule has 0 aliphatic carbocycles. The monoisotopic (exact) mass is 620 g/mol. The minimum atomic E-state index is -0.711. The Hall–Kier alpha value is -6.04. The van der Waals surface area contributed by atoms with Crippen molar-refractivity contribution >= 4 is 35.2 Å². The van der Waals surface area contributed by atoms with E-state index >= 15 is 0 Å². The number of hydrogen-bond donors (Lipinski definition) is 2. The number of nitro benzene ring substituents is 1. The third-order valence-electron chi connectivity index (χ3n) is 7.86. The highest BCUT2D eigenvalue weighted by molar-refractivity contribution is 6.05. The molecule has 0 radical (unpaired) electrons. The van der Waals surface area contributed by atoms with Crippen molar-refractivity contribution in [1.29, 1.82) is 0 Å². The van der Waals surface area contributed by atoms with Crippen LogP contribution in [0.2, 0.25) is 0 Å². The zero-order valence-corrected chi connectivity index (χ0v) is 24.4. The molecule has 0 bridgehead atoms. The average Bonchev–Trinajstić information content (AvgIpc) is 3.40. The smallest absolute Gasteiger partial charge is 0.411 e. The summed E-state index contributed by atoms with van der Waals surface area (Å²) >= 11 is 0. The van der Waals surface area contributed by atoms with Gasteiger partial charge in [-0.05, 0) is 41.3 Å². The molecule has 0 saturated carbocycles. The normalized spacial score (nSPS) is 15.6. The molecule has 1 fully saturated rings. The number of ether oxygens (including phenoxy) is 2. The summed E-state index contributed by atoms with van der Waals surface area (Å²) in [5.74, 6) is -0.543. The Morgan fingerprint density at radius 2 is 1.65 bits per heavy atom. The molecule has 12 heteroatoms. The van der Waals surface area contributed by atoms with E-state index in [0.717, 1.165) is 11.1 Å². The first kappa shape index (κ1) is 30.0. The largest absolute Gasteiger partial charge is 0.489 e. The van der Waals surface area contributed by atoms with Gasteiger partial charge < -0.3 is 14.4 Å². The van der Waals surface area contributed by atoms with E-state index in [1.165, 1.54) is 23.1 Å². The number of amides is 4. The van der Waals surface area contributed by atoms with Gasteiger partial charge in [0.2, 0.25) is 11.8 Å². The van der Waals surface area contributed by atoms with E-state index in [1.54, 1.807) is 54.6 Å². The Morgan fingerprint density at radius 1 is 0.913 bits per heavy atom. The van der Waals surface area contributed by atoms with E-state index in [0.29, 0.717) is 33.7 Å². The van der Waals surface area contributed by atoms with Crippen LogP contribution in [0.25, 0.3) is 11.1 Å². The summed E-state index contributed by atoms with van der Waals surface area (Å²) in [6.45, 7) is 0.417. The van der Waals surface area contributed by atoms with Gasteiger partial charge in [-0.25, -0.2) is 4.79 Å². The summed E-state index contributed by atoms with van der Waals surface area (Å²) in [4.78, 5) is 61.9. The van der Waals surface area contributed by atoms with Crippen LogP contribution in [0, 0.1) is 10.1 Å². The van der Waals surface area contributed by atoms with Gasteiger partial charge in [0.25, 0.3) is 11.6 Å². The summed E-state index contributed by atoms with van der Waals surface area (Å²) in [5.41, 5.74) is 4.22. The number of fused-ring (bicyclic) bond motifs is 1. The van der Waals surface area contributed by atoms with Crippen molar-refractivity contribution in [3.63, 3.8) is 0 Å². The minimum Gasteiger partial charge on any atom is -0.489 e. The van der Waals surface area contributed by atoms with Crippen molar-refractivity contribution in [3.05, 3.63) is 123 Å². The summed E-state index contributed by atoms with van der Waals surface area (Å²) in [6, 6.07) is 25.0. The third kappa shape index (κ3) is 6.41. The van der Waals surface area contributed by atoms with E-state index in [-0.39, 0.29) is 50.1 Å². The van der Waals surface area contributed by atoms with Gasteiger partial charge in [0.1, 0.15) is 25.0 Å². The standard InChI is InChI=1S/C34H28N4O8/c39-31-16-15-29(32(40)36-31)37-18-27-25(33(37)41)7-4-8-30(27)45-19-21-9-11-22(12-10-21)20-46-34(42)35-28-14-13-24(38(43)44)17-26(28)23-5-2-1-3-6-23/h1-14,17,29H,15-16,18-20H2,(H,35,42)(H,36,39,40)/t29-/m0/s1. The van der Waals surface area contributed by atoms with Gasteiger partial charge in [-0.1, -0.05) is 60.7 Å². The molecule has 2 N–H and O–H groups in total. The van der Waals surface area contributed by atoms with E-state index in [9.17, 15) is 29.3 Å². The topological polar surface area (TPSA) is 157 Å². The van der Waals surface area contributed by atoms with Crippen LogP contribution >= 0.6 is 0 Å². The van der Waals surface area contributed by atoms with Crippen LogP contribution in [0.3, 0.4) is 0 Å². The maximum atomic E-state index is 13.1. The summed E-state index contributed by atoms with van der Waals surface area (Å²) < 4.78 is 11.5. The van der Waals surface area contributed by atoms with E-state index in [2.05, 4.69) is 10.6 Å². The number of nitrogens with zero attached hydrogens (tertiary/aromatic N) is 2. The quantitative estimate of drug-likeness (QED) is 0.144. The molecule has 46 heavy (non-hydrogen) atoms. The molecule has 6 rings (SSSR count). The maximum absolute atomic E-state index is 13.1. The van der Waals surface area contributed by atoms with Crippen molar-refractivity contribution in [3.8, 4) is 16.9 Å². The second kappa shape index (κ2) is 12.9. The zero-order valence-electron chi connectivity index (χ0n) is 24.4. The van der Waals surface area contributed by atoms with E-state index < -0.39 is 23.0 Å². The van der Waals surface area contributed by atoms with Crippen molar-refractivity contribution in [2.24, 2.45) is 0 Å². The lowest BCUT2D eigenvalue weighted by atomic mass is 10.0. The lowest BCUT2D eigenvalue weighted by Gasteiger charge is -2.29. The van der Waals surface area contributed by atoms with Crippen LogP contribution in [0.1, 0.15) is 39.9 Å². The summed E-state index contributed by atoms with van der Waals surface area (Å²) in [7, 11) is 0. The number of nitro groups is 1. The Balaban J connectivity index is 1.05. The number of carbonyl (C=O) groups excluding carboxylic acids is 4.